The molecule has 1 atom stereocenters. The van der Waals surface area contributed by atoms with Crippen LogP contribution in [0.15, 0.2) is 39.5 Å². The highest BCUT2D eigenvalue weighted by Gasteiger charge is 2.19. The van der Waals surface area contributed by atoms with Crippen LogP contribution in [0.2, 0.25) is 0 Å². The average molecular weight is 290 g/mol. The third kappa shape index (κ3) is 3.37. The smallest absolute Gasteiger partial charge is 0.342 e. The summed E-state index contributed by atoms with van der Waals surface area (Å²) >= 11 is 0. The SMILES string of the molecule is Cc1cc(=O)oc(C)c1C(=O)OC(C)c1ccc(F)cc1. The molecule has 0 saturated heterocycles. The van der Waals surface area contributed by atoms with E-state index in [1.54, 1.807) is 26.0 Å². The zero-order valence-electron chi connectivity index (χ0n) is 12.0. The first-order valence-electron chi connectivity index (χ1n) is 6.46. The second-order valence-corrected chi connectivity index (χ2v) is 4.78. The minimum Gasteiger partial charge on any atom is -0.454 e. The van der Waals surface area contributed by atoms with Gasteiger partial charge in [0, 0.05) is 6.07 Å². The molecule has 0 spiro atoms. The van der Waals surface area contributed by atoms with Gasteiger partial charge < -0.3 is 9.15 Å². The third-order valence-corrected chi connectivity index (χ3v) is 3.16. The summed E-state index contributed by atoms with van der Waals surface area (Å²) in [5.41, 5.74) is 0.911. The van der Waals surface area contributed by atoms with Gasteiger partial charge in [0.1, 0.15) is 23.2 Å². The Bertz CT molecular complexity index is 690. The number of aryl methyl sites for hydroxylation is 2. The largest absolute Gasteiger partial charge is 0.454 e. The fraction of sp³-hybridized carbons (Fsp3) is 0.250. The van der Waals surface area contributed by atoms with Crippen molar-refractivity contribution in [2.75, 3.05) is 0 Å². The number of benzene rings is 1. The molecule has 0 amide bonds. The zero-order chi connectivity index (χ0) is 15.6. The van der Waals surface area contributed by atoms with Gasteiger partial charge in [0.2, 0.25) is 0 Å². The van der Waals surface area contributed by atoms with E-state index in [4.69, 9.17) is 9.15 Å². The molecule has 0 aliphatic heterocycles. The molecule has 0 radical (unpaired) electrons. The van der Waals surface area contributed by atoms with Gasteiger partial charge in [-0.05, 0) is 44.0 Å². The number of ether oxygens (including phenoxy) is 1. The lowest BCUT2D eigenvalue weighted by Gasteiger charge is -2.15. The summed E-state index contributed by atoms with van der Waals surface area (Å²) in [5.74, 6) is -0.712. The second kappa shape index (κ2) is 5.91. The summed E-state index contributed by atoms with van der Waals surface area (Å²) in [6.07, 6.45) is -0.538. The molecule has 2 aromatic rings. The Kier molecular flexibility index (Phi) is 4.21. The van der Waals surface area contributed by atoms with Crippen LogP contribution in [-0.4, -0.2) is 5.97 Å². The van der Waals surface area contributed by atoms with Gasteiger partial charge in [-0.25, -0.2) is 14.0 Å². The van der Waals surface area contributed by atoms with E-state index < -0.39 is 17.7 Å². The van der Waals surface area contributed by atoms with Gasteiger partial charge in [-0.3, -0.25) is 0 Å². The molecule has 0 bridgehead atoms. The summed E-state index contributed by atoms with van der Waals surface area (Å²) in [6.45, 7) is 4.87. The lowest BCUT2D eigenvalue weighted by atomic mass is 10.1. The van der Waals surface area contributed by atoms with E-state index in [1.807, 2.05) is 0 Å². The number of esters is 1. The molecule has 2 rings (SSSR count). The van der Waals surface area contributed by atoms with Gasteiger partial charge in [0.05, 0.1) is 0 Å². The van der Waals surface area contributed by atoms with Crippen molar-refractivity contribution in [1.29, 1.82) is 0 Å². The summed E-state index contributed by atoms with van der Waals surface area (Å²) < 4.78 is 23.1. The Hall–Kier alpha value is -2.43. The number of carbonyl (C=O) groups is 1. The van der Waals surface area contributed by atoms with Crippen LogP contribution in [0.1, 0.15) is 40.3 Å². The van der Waals surface area contributed by atoms with Crippen LogP contribution < -0.4 is 5.63 Å². The van der Waals surface area contributed by atoms with Crippen LogP contribution in [0, 0.1) is 19.7 Å². The van der Waals surface area contributed by atoms with Crippen molar-refractivity contribution in [2.24, 2.45) is 0 Å². The minimum atomic E-state index is -0.578. The Morgan fingerprint density at radius 3 is 2.43 bits per heavy atom. The standard InChI is InChI=1S/C16H15FO4/c1-9-8-14(18)20-11(3)15(9)16(19)21-10(2)12-4-6-13(17)7-5-12/h4-8,10H,1-3H3. The highest BCUT2D eigenvalue weighted by molar-refractivity contribution is 5.92. The molecule has 0 aliphatic carbocycles. The molecule has 5 heteroatoms. The minimum absolute atomic E-state index is 0.219. The van der Waals surface area contributed by atoms with Crippen molar-refractivity contribution in [3.63, 3.8) is 0 Å². The Balaban J connectivity index is 2.22. The van der Waals surface area contributed by atoms with E-state index in [1.165, 1.54) is 25.1 Å². The fourth-order valence-corrected chi connectivity index (χ4v) is 2.08. The third-order valence-electron chi connectivity index (χ3n) is 3.16. The predicted molar refractivity (Wildman–Crippen MR) is 74.7 cm³/mol. The summed E-state index contributed by atoms with van der Waals surface area (Å²) in [7, 11) is 0. The summed E-state index contributed by atoms with van der Waals surface area (Å²) in [5, 5.41) is 0. The molecule has 1 unspecified atom stereocenters. The summed E-state index contributed by atoms with van der Waals surface area (Å²) in [4.78, 5) is 23.4. The van der Waals surface area contributed by atoms with Gasteiger partial charge in [-0.1, -0.05) is 12.1 Å². The Labute approximate surface area is 121 Å². The molecular weight excluding hydrogens is 275 g/mol. The van der Waals surface area contributed by atoms with Crippen LogP contribution in [0.25, 0.3) is 0 Å². The van der Waals surface area contributed by atoms with Crippen molar-refractivity contribution in [1.82, 2.24) is 0 Å². The molecule has 0 aliphatic rings. The second-order valence-electron chi connectivity index (χ2n) is 4.78. The van der Waals surface area contributed by atoms with Crippen molar-refractivity contribution >= 4 is 5.97 Å². The zero-order valence-corrected chi connectivity index (χ0v) is 12.0. The molecule has 0 N–H and O–H groups in total. The molecule has 21 heavy (non-hydrogen) atoms. The monoisotopic (exact) mass is 290 g/mol. The van der Waals surface area contributed by atoms with Crippen molar-refractivity contribution in [3.05, 3.63) is 69.0 Å². The Morgan fingerprint density at radius 2 is 1.86 bits per heavy atom. The molecule has 1 heterocycles. The van der Waals surface area contributed by atoms with E-state index in [0.717, 1.165) is 0 Å². The first-order chi connectivity index (χ1) is 9.88. The van der Waals surface area contributed by atoms with Gasteiger partial charge in [0.25, 0.3) is 0 Å². The van der Waals surface area contributed by atoms with Crippen LogP contribution in [0.4, 0.5) is 4.39 Å². The highest BCUT2D eigenvalue weighted by Crippen LogP contribution is 2.21. The van der Waals surface area contributed by atoms with Gasteiger partial charge >= 0.3 is 11.6 Å². The van der Waals surface area contributed by atoms with E-state index in [-0.39, 0.29) is 17.1 Å². The maximum Gasteiger partial charge on any atom is 0.342 e. The maximum absolute atomic E-state index is 12.9. The first-order valence-corrected chi connectivity index (χ1v) is 6.46. The fourth-order valence-electron chi connectivity index (χ4n) is 2.08. The molecule has 110 valence electrons. The molecule has 0 fully saturated rings. The van der Waals surface area contributed by atoms with Gasteiger partial charge in [0.15, 0.2) is 0 Å². The topological polar surface area (TPSA) is 56.5 Å². The normalized spacial score (nSPS) is 12.0. The molecule has 0 saturated carbocycles. The molecule has 4 nitrogen and oxygen atoms in total. The first kappa shape index (κ1) is 15.0. The number of hydrogen-bond acceptors (Lipinski definition) is 4. The predicted octanol–water partition coefficient (Wildman–Crippen LogP) is 3.31. The molecular formula is C16H15FO4. The van der Waals surface area contributed by atoms with Gasteiger partial charge in [-0.2, -0.15) is 0 Å². The number of halogens is 1. The van der Waals surface area contributed by atoms with Crippen LogP contribution in [-0.2, 0) is 4.74 Å². The van der Waals surface area contributed by atoms with E-state index in [9.17, 15) is 14.0 Å². The van der Waals surface area contributed by atoms with Gasteiger partial charge in [-0.15, -0.1) is 0 Å². The van der Waals surface area contributed by atoms with Crippen molar-refractivity contribution in [2.45, 2.75) is 26.9 Å². The van der Waals surface area contributed by atoms with E-state index in [2.05, 4.69) is 0 Å². The lowest BCUT2D eigenvalue weighted by Crippen LogP contribution is -2.14. The lowest BCUT2D eigenvalue weighted by molar-refractivity contribution is 0.0332. The number of rotatable bonds is 3. The van der Waals surface area contributed by atoms with Crippen LogP contribution >= 0.6 is 0 Å². The van der Waals surface area contributed by atoms with Crippen LogP contribution in [0.3, 0.4) is 0 Å². The Morgan fingerprint density at radius 1 is 1.24 bits per heavy atom. The average Bonchev–Trinajstić information content (AvgIpc) is 2.37. The van der Waals surface area contributed by atoms with Crippen molar-refractivity contribution in [3.8, 4) is 0 Å². The quantitative estimate of drug-likeness (QED) is 0.814. The molecule has 1 aromatic heterocycles. The molecule has 1 aromatic carbocycles. The highest BCUT2D eigenvalue weighted by atomic mass is 19.1. The van der Waals surface area contributed by atoms with Crippen LogP contribution in [0.5, 0.6) is 0 Å². The number of carbonyl (C=O) groups excluding carboxylic acids is 1. The van der Waals surface area contributed by atoms with E-state index >= 15 is 0 Å². The summed E-state index contributed by atoms with van der Waals surface area (Å²) in [6, 6.07) is 6.96. The van der Waals surface area contributed by atoms with Crippen molar-refractivity contribution < 1.29 is 18.3 Å². The maximum atomic E-state index is 12.9. The van der Waals surface area contributed by atoms with E-state index in [0.29, 0.717) is 11.1 Å². The number of hydrogen-bond donors (Lipinski definition) is 0.